The summed E-state index contributed by atoms with van der Waals surface area (Å²) in [5.41, 5.74) is 5.39. The highest BCUT2D eigenvalue weighted by molar-refractivity contribution is 7.47. The Hall–Kier alpha value is -3.07. The predicted octanol–water partition coefficient (Wildman–Crippen LogP) is 20.4. The number of ether oxygens (including phenoxy) is 2. The molecule has 444 valence electrons. The molecule has 0 fully saturated rings. The van der Waals surface area contributed by atoms with Gasteiger partial charge in [-0.1, -0.05) is 272 Å². The SMILES string of the molecule is CC/C=C\C/C=C\C/C=C\C/C=C\C/C=C\C/C=C\C/C=C\CCCCCCCCCCCCCCCCCC(=O)OC(COC(=O)CCCCCCCCCCC/C=C\CCCCCCCC)COP(=O)(O)OCCN. The van der Waals surface area contributed by atoms with Gasteiger partial charge in [-0.15, -0.1) is 0 Å². The van der Waals surface area contributed by atoms with Crippen LogP contribution in [0.1, 0.15) is 284 Å². The zero-order valence-electron chi connectivity index (χ0n) is 49.7. The molecule has 0 radical (unpaired) electrons. The van der Waals surface area contributed by atoms with E-state index in [2.05, 4.69) is 111 Å². The second kappa shape index (κ2) is 62.1. The van der Waals surface area contributed by atoms with Gasteiger partial charge in [0.2, 0.25) is 0 Å². The third-order valence-corrected chi connectivity index (χ3v) is 14.4. The summed E-state index contributed by atoms with van der Waals surface area (Å²) in [5.74, 6) is -0.824. The molecule has 0 aromatic heterocycles. The summed E-state index contributed by atoms with van der Waals surface area (Å²) in [6, 6.07) is 0. The van der Waals surface area contributed by atoms with Crippen LogP contribution in [-0.4, -0.2) is 49.3 Å². The first-order chi connectivity index (χ1) is 37.8. The number of rotatable bonds is 59. The van der Waals surface area contributed by atoms with Crippen molar-refractivity contribution in [3.05, 3.63) is 97.2 Å². The van der Waals surface area contributed by atoms with Gasteiger partial charge >= 0.3 is 19.8 Å². The van der Waals surface area contributed by atoms with Gasteiger partial charge in [0, 0.05) is 19.4 Å². The van der Waals surface area contributed by atoms with Crippen molar-refractivity contribution in [1.82, 2.24) is 0 Å². The second-order valence-corrected chi connectivity index (χ2v) is 22.3. The molecule has 0 aromatic rings. The Morgan fingerprint density at radius 3 is 1.08 bits per heavy atom. The van der Waals surface area contributed by atoms with Gasteiger partial charge in [-0.2, -0.15) is 0 Å². The molecule has 0 bridgehead atoms. The average Bonchev–Trinajstić information content (AvgIpc) is 3.42. The number of allylic oxidation sites excluding steroid dienone is 16. The van der Waals surface area contributed by atoms with Crippen molar-refractivity contribution < 1.29 is 37.6 Å². The van der Waals surface area contributed by atoms with Crippen LogP contribution in [0.15, 0.2) is 97.2 Å². The largest absolute Gasteiger partial charge is 0.472 e. The number of hydrogen-bond donors (Lipinski definition) is 2. The third-order valence-electron chi connectivity index (χ3n) is 13.5. The van der Waals surface area contributed by atoms with Crippen LogP contribution in [0.4, 0.5) is 0 Å². The number of phosphoric acid groups is 1. The lowest BCUT2D eigenvalue weighted by atomic mass is 10.0. The van der Waals surface area contributed by atoms with Crippen molar-refractivity contribution in [1.29, 1.82) is 0 Å². The van der Waals surface area contributed by atoms with Crippen LogP contribution in [0.5, 0.6) is 0 Å². The normalized spacial score (nSPS) is 13.7. The van der Waals surface area contributed by atoms with E-state index in [9.17, 15) is 19.0 Å². The zero-order valence-corrected chi connectivity index (χ0v) is 50.6. The Balaban J connectivity index is 3.90. The highest BCUT2D eigenvalue weighted by Crippen LogP contribution is 2.43. The highest BCUT2D eigenvalue weighted by atomic mass is 31.2. The van der Waals surface area contributed by atoms with Crippen LogP contribution in [0.25, 0.3) is 0 Å². The highest BCUT2D eigenvalue weighted by Gasteiger charge is 2.26. The summed E-state index contributed by atoms with van der Waals surface area (Å²) >= 11 is 0. The number of carbonyl (C=O) groups excluding carboxylic acids is 2. The monoisotopic (exact) mass is 1100 g/mol. The molecule has 2 atom stereocenters. The molecule has 0 aliphatic carbocycles. The van der Waals surface area contributed by atoms with Crippen LogP contribution in [0.2, 0.25) is 0 Å². The van der Waals surface area contributed by atoms with Gasteiger partial charge in [0.15, 0.2) is 6.10 Å². The minimum Gasteiger partial charge on any atom is -0.462 e. The van der Waals surface area contributed by atoms with Gasteiger partial charge in [-0.3, -0.25) is 18.6 Å². The summed E-state index contributed by atoms with van der Waals surface area (Å²) in [6.07, 6.45) is 83.3. The molecule has 0 heterocycles. The number of phosphoric ester groups is 1. The van der Waals surface area contributed by atoms with Gasteiger partial charge in [-0.25, -0.2) is 4.57 Å². The minimum atomic E-state index is -4.39. The minimum absolute atomic E-state index is 0.0510. The molecular formula is C67H118NO8P. The molecule has 0 saturated heterocycles. The van der Waals surface area contributed by atoms with Crippen LogP contribution in [0.3, 0.4) is 0 Å². The van der Waals surface area contributed by atoms with Gasteiger partial charge < -0.3 is 20.1 Å². The summed E-state index contributed by atoms with van der Waals surface area (Å²) < 4.78 is 33.1. The molecule has 0 aliphatic rings. The zero-order chi connectivity index (χ0) is 55.9. The maximum absolute atomic E-state index is 12.7. The van der Waals surface area contributed by atoms with E-state index in [0.29, 0.717) is 6.42 Å². The van der Waals surface area contributed by atoms with E-state index < -0.39 is 26.5 Å². The maximum Gasteiger partial charge on any atom is 0.472 e. The van der Waals surface area contributed by atoms with Crippen molar-refractivity contribution in [2.75, 3.05) is 26.4 Å². The molecule has 0 aromatic carbocycles. The first kappa shape index (κ1) is 73.9. The lowest BCUT2D eigenvalue weighted by Crippen LogP contribution is -2.29. The van der Waals surface area contributed by atoms with Crippen molar-refractivity contribution in [3.63, 3.8) is 0 Å². The van der Waals surface area contributed by atoms with E-state index in [1.54, 1.807) is 0 Å². The topological polar surface area (TPSA) is 134 Å². The first-order valence-electron chi connectivity index (χ1n) is 31.7. The van der Waals surface area contributed by atoms with Gasteiger partial charge in [0.25, 0.3) is 0 Å². The Bertz CT molecular complexity index is 1580. The molecule has 0 spiro atoms. The fraction of sp³-hybridized carbons (Fsp3) is 0.731. The quantitative estimate of drug-likeness (QED) is 0.0264. The molecule has 0 saturated carbocycles. The number of unbranched alkanes of at least 4 members (excludes halogenated alkanes) is 30. The third kappa shape index (κ3) is 62.0. The van der Waals surface area contributed by atoms with Crippen LogP contribution in [-0.2, 0) is 32.7 Å². The Morgan fingerprint density at radius 1 is 0.403 bits per heavy atom. The van der Waals surface area contributed by atoms with Crippen LogP contribution in [0, 0.1) is 0 Å². The van der Waals surface area contributed by atoms with E-state index in [-0.39, 0.29) is 38.6 Å². The van der Waals surface area contributed by atoms with Gasteiger partial charge in [0.05, 0.1) is 13.2 Å². The molecule has 2 unspecified atom stereocenters. The lowest BCUT2D eigenvalue weighted by Gasteiger charge is -2.19. The summed E-state index contributed by atoms with van der Waals surface area (Å²) in [7, 11) is -4.39. The van der Waals surface area contributed by atoms with Crippen LogP contribution < -0.4 is 5.73 Å². The van der Waals surface area contributed by atoms with Crippen molar-refractivity contribution in [2.24, 2.45) is 5.73 Å². The predicted molar refractivity (Wildman–Crippen MR) is 330 cm³/mol. The number of carbonyl (C=O) groups is 2. The van der Waals surface area contributed by atoms with E-state index in [4.69, 9.17) is 24.3 Å². The molecule has 9 nitrogen and oxygen atoms in total. The Kier molecular flexibility index (Phi) is 59.7. The molecule has 0 aliphatic heterocycles. The van der Waals surface area contributed by atoms with Gasteiger partial charge in [0.1, 0.15) is 6.61 Å². The molecular weight excluding hydrogens is 978 g/mol. The summed E-state index contributed by atoms with van der Waals surface area (Å²) in [5, 5.41) is 0. The standard InChI is InChI=1S/C67H118NO8P/c1-3-5-7-9-11-13-15-17-19-21-23-24-25-26-27-28-29-30-31-32-33-34-35-36-37-38-39-40-42-44-46-48-50-52-54-56-58-60-67(70)76-65(64-75-77(71,72)74-62-61-68)63-73-66(69)59-57-55-53-51-49-47-45-43-41-22-20-18-16-14-12-10-8-6-4-2/h5,7,11,13,17-20,23-24,26-27,29-30,32-33,65H,3-4,6,8-10,12,14-16,21-22,25,28,31,34-64,68H2,1-2H3,(H,71,72)/b7-5-,13-11-,19-17-,20-18-,24-23-,27-26-,30-29-,33-32-. The molecule has 3 N–H and O–H groups in total. The number of esters is 2. The Morgan fingerprint density at radius 2 is 0.714 bits per heavy atom. The number of nitrogens with two attached hydrogens (primary N) is 1. The smallest absolute Gasteiger partial charge is 0.462 e. The maximum atomic E-state index is 12.7. The average molecular weight is 1100 g/mol. The molecule has 0 rings (SSSR count). The van der Waals surface area contributed by atoms with E-state index in [0.717, 1.165) is 83.5 Å². The summed E-state index contributed by atoms with van der Waals surface area (Å²) in [4.78, 5) is 35.2. The fourth-order valence-corrected chi connectivity index (χ4v) is 9.55. The molecule has 0 amide bonds. The lowest BCUT2D eigenvalue weighted by molar-refractivity contribution is -0.161. The molecule has 77 heavy (non-hydrogen) atoms. The van der Waals surface area contributed by atoms with Crippen molar-refractivity contribution in [2.45, 2.75) is 290 Å². The number of hydrogen-bond acceptors (Lipinski definition) is 8. The van der Waals surface area contributed by atoms with E-state index >= 15 is 0 Å². The first-order valence-corrected chi connectivity index (χ1v) is 33.2. The van der Waals surface area contributed by atoms with E-state index in [1.807, 2.05) is 0 Å². The van der Waals surface area contributed by atoms with Gasteiger partial charge in [-0.05, 0) is 96.3 Å². The fourth-order valence-electron chi connectivity index (χ4n) is 8.79. The second-order valence-electron chi connectivity index (χ2n) is 20.9. The van der Waals surface area contributed by atoms with Crippen molar-refractivity contribution in [3.8, 4) is 0 Å². The molecule has 10 heteroatoms. The summed E-state index contributed by atoms with van der Waals surface area (Å²) in [6.45, 7) is 3.65. The van der Waals surface area contributed by atoms with E-state index in [1.165, 1.54) is 167 Å². The van der Waals surface area contributed by atoms with Crippen molar-refractivity contribution >= 4 is 19.8 Å². The van der Waals surface area contributed by atoms with Crippen LogP contribution >= 0.6 is 7.82 Å². The Labute approximate surface area is 474 Å².